The fourth-order valence-electron chi connectivity index (χ4n) is 1.48. The lowest BCUT2D eigenvalue weighted by atomic mass is 10.2. The Bertz CT molecular complexity index is 560. The van der Waals surface area contributed by atoms with Crippen LogP contribution in [0.3, 0.4) is 0 Å². The van der Waals surface area contributed by atoms with Crippen LogP contribution in [0.25, 0.3) is 11.5 Å². The van der Waals surface area contributed by atoms with Gasteiger partial charge in [0, 0.05) is 11.6 Å². The molecule has 0 fully saturated rings. The van der Waals surface area contributed by atoms with Gasteiger partial charge in [0.05, 0.1) is 23.2 Å². The van der Waals surface area contributed by atoms with E-state index in [1.807, 2.05) is 6.92 Å². The van der Waals surface area contributed by atoms with Gasteiger partial charge in [-0.25, -0.2) is 0 Å². The number of halogens is 2. The van der Waals surface area contributed by atoms with Crippen molar-refractivity contribution in [1.29, 1.82) is 0 Å². The van der Waals surface area contributed by atoms with E-state index in [1.54, 1.807) is 18.2 Å². The van der Waals surface area contributed by atoms with Gasteiger partial charge in [-0.3, -0.25) is 0 Å². The summed E-state index contributed by atoms with van der Waals surface area (Å²) in [5.41, 5.74) is 6.45. The van der Waals surface area contributed by atoms with Crippen molar-refractivity contribution in [2.75, 3.05) is 13.2 Å². The van der Waals surface area contributed by atoms with Gasteiger partial charge in [0.15, 0.2) is 5.82 Å². The second-order valence-corrected chi connectivity index (χ2v) is 4.69. The third-order valence-corrected chi connectivity index (χ3v) is 3.00. The van der Waals surface area contributed by atoms with E-state index in [2.05, 4.69) is 10.1 Å². The fraction of sp³-hybridized carbons (Fsp3) is 0.333. The van der Waals surface area contributed by atoms with Crippen molar-refractivity contribution >= 4 is 23.2 Å². The van der Waals surface area contributed by atoms with Gasteiger partial charge in [-0.2, -0.15) is 4.98 Å². The average Bonchev–Trinajstić information content (AvgIpc) is 2.88. The van der Waals surface area contributed by atoms with Crippen LogP contribution in [0.15, 0.2) is 22.7 Å². The van der Waals surface area contributed by atoms with E-state index in [9.17, 15) is 0 Å². The highest BCUT2D eigenvalue weighted by Crippen LogP contribution is 2.29. The Balaban J connectivity index is 2.23. The van der Waals surface area contributed by atoms with Gasteiger partial charge in [-0.15, -0.1) is 0 Å². The molecule has 1 aromatic heterocycles. The minimum atomic E-state index is -0.435. The van der Waals surface area contributed by atoms with E-state index in [-0.39, 0.29) is 5.89 Å². The summed E-state index contributed by atoms with van der Waals surface area (Å²) < 4.78 is 10.4. The summed E-state index contributed by atoms with van der Waals surface area (Å²) in [6.45, 7) is 2.80. The van der Waals surface area contributed by atoms with E-state index in [0.717, 1.165) is 0 Å². The van der Waals surface area contributed by atoms with Crippen LogP contribution in [0.2, 0.25) is 10.0 Å². The zero-order chi connectivity index (χ0) is 13.8. The van der Waals surface area contributed by atoms with Crippen LogP contribution < -0.4 is 5.73 Å². The summed E-state index contributed by atoms with van der Waals surface area (Å²) in [5, 5.41) is 4.85. The second kappa shape index (κ2) is 6.34. The highest BCUT2D eigenvalue weighted by atomic mass is 35.5. The van der Waals surface area contributed by atoms with Crippen LogP contribution >= 0.6 is 23.2 Å². The summed E-state index contributed by atoms with van der Waals surface area (Å²) in [6, 6.07) is 4.58. The molecule has 0 aliphatic carbocycles. The van der Waals surface area contributed by atoms with Crippen molar-refractivity contribution in [2.45, 2.75) is 13.0 Å². The molecule has 0 aliphatic heterocycles. The molecular formula is C12H13Cl2N3O2. The van der Waals surface area contributed by atoms with E-state index in [1.165, 1.54) is 0 Å². The lowest BCUT2D eigenvalue weighted by Gasteiger charge is -2.05. The molecule has 2 N–H and O–H groups in total. The van der Waals surface area contributed by atoms with E-state index in [4.69, 9.17) is 38.2 Å². The van der Waals surface area contributed by atoms with Crippen molar-refractivity contribution < 1.29 is 9.26 Å². The number of nitrogens with two attached hydrogens (primary N) is 1. The molecule has 5 nitrogen and oxygen atoms in total. The molecule has 0 spiro atoms. The van der Waals surface area contributed by atoms with Crippen LogP contribution in [0, 0.1) is 0 Å². The molecule has 102 valence electrons. The topological polar surface area (TPSA) is 74.2 Å². The third-order valence-electron chi connectivity index (χ3n) is 2.43. The number of rotatable bonds is 5. The Morgan fingerprint density at radius 2 is 2.21 bits per heavy atom. The highest BCUT2D eigenvalue weighted by molar-refractivity contribution is 6.35. The monoisotopic (exact) mass is 301 g/mol. The average molecular weight is 302 g/mol. The molecule has 1 aromatic carbocycles. The van der Waals surface area contributed by atoms with Gasteiger partial charge >= 0.3 is 0 Å². The maximum atomic E-state index is 6.06. The molecule has 0 bridgehead atoms. The molecule has 0 amide bonds. The van der Waals surface area contributed by atoms with Crippen LogP contribution in [0.5, 0.6) is 0 Å². The quantitative estimate of drug-likeness (QED) is 0.918. The van der Waals surface area contributed by atoms with E-state index >= 15 is 0 Å². The first-order valence-electron chi connectivity index (χ1n) is 5.74. The second-order valence-electron chi connectivity index (χ2n) is 3.85. The lowest BCUT2D eigenvalue weighted by molar-refractivity contribution is 0.130. The smallest absolute Gasteiger partial charge is 0.259 e. The Hall–Kier alpha value is -1.14. The fourth-order valence-corrected chi connectivity index (χ4v) is 1.85. The lowest BCUT2D eigenvalue weighted by Crippen LogP contribution is -2.18. The minimum absolute atomic E-state index is 0.287. The van der Waals surface area contributed by atoms with Crippen LogP contribution in [0.1, 0.15) is 18.8 Å². The minimum Gasteiger partial charge on any atom is -0.380 e. The zero-order valence-electron chi connectivity index (χ0n) is 10.3. The summed E-state index contributed by atoms with van der Waals surface area (Å²) >= 11 is 12.0. The standard InChI is InChI=1S/C12H13Cl2N3O2/c1-2-18-6-10(15)11-16-12(19-17-11)8-5-7(13)3-4-9(8)14/h3-5,10H,2,6,15H2,1H3. The zero-order valence-corrected chi connectivity index (χ0v) is 11.8. The van der Waals surface area contributed by atoms with Gasteiger partial charge in [0.25, 0.3) is 5.89 Å². The molecule has 19 heavy (non-hydrogen) atoms. The number of aromatic nitrogens is 2. The van der Waals surface area contributed by atoms with Gasteiger partial charge in [0.1, 0.15) is 0 Å². The first kappa shape index (κ1) is 14.3. The third kappa shape index (κ3) is 3.45. The Labute approximate surface area is 120 Å². The molecule has 2 aromatic rings. The molecule has 1 atom stereocenters. The molecule has 7 heteroatoms. The Morgan fingerprint density at radius 3 is 2.95 bits per heavy atom. The molecule has 1 unspecified atom stereocenters. The van der Waals surface area contributed by atoms with Crippen molar-refractivity contribution in [3.05, 3.63) is 34.1 Å². The van der Waals surface area contributed by atoms with Crippen LogP contribution in [-0.2, 0) is 4.74 Å². The van der Waals surface area contributed by atoms with Crippen molar-refractivity contribution in [2.24, 2.45) is 5.73 Å². The van der Waals surface area contributed by atoms with Crippen LogP contribution in [0.4, 0.5) is 0 Å². The Morgan fingerprint density at radius 1 is 1.42 bits per heavy atom. The molecule has 0 aliphatic rings. The SMILES string of the molecule is CCOCC(N)c1noc(-c2cc(Cl)ccc2Cl)n1. The summed E-state index contributed by atoms with van der Waals surface area (Å²) in [5.74, 6) is 0.661. The largest absolute Gasteiger partial charge is 0.380 e. The maximum Gasteiger partial charge on any atom is 0.259 e. The first-order valence-corrected chi connectivity index (χ1v) is 6.49. The normalized spacial score (nSPS) is 12.6. The van der Waals surface area contributed by atoms with Crippen LogP contribution in [-0.4, -0.2) is 23.4 Å². The number of ether oxygens (including phenoxy) is 1. The summed E-state index contributed by atoms with van der Waals surface area (Å²) in [6.07, 6.45) is 0. The van der Waals surface area contributed by atoms with Gasteiger partial charge in [0.2, 0.25) is 0 Å². The number of hydrogen-bond donors (Lipinski definition) is 1. The molecule has 2 rings (SSSR count). The summed E-state index contributed by atoms with van der Waals surface area (Å²) in [4.78, 5) is 4.21. The maximum absolute atomic E-state index is 6.06. The molecule has 1 heterocycles. The molecule has 0 radical (unpaired) electrons. The summed E-state index contributed by atoms with van der Waals surface area (Å²) in [7, 11) is 0. The number of benzene rings is 1. The number of nitrogens with zero attached hydrogens (tertiary/aromatic N) is 2. The predicted octanol–water partition coefficient (Wildman–Crippen LogP) is 3.08. The first-order chi connectivity index (χ1) is 9.11. The van der Waals surface area contributed by atoms with Crippen molar-refractivity contribution in [1.82, 2.24) is 10.1 Å². The molecule has 0 saturated heterocycles. The van der Waals surface area contributed by atoms with E-state index in [0.29, 0.717) is 34.6 Å². The Kier molecular flexibility index (Phi) is 4.76. The van der Waals surface area contributed by atoms with E-state index < -0.39 is 6.04 Å². The van der Waals surface area contributed by atoms with Crippen molar-refractivity contribution in [3.8, 4) is 11.5 Å². The highest BCUT2D eigenvalue weighted by Gasteiger charge is 2.17. The molecular weight excluding hydrogens is 289 g/mol. The van der Waals surface area contributed by atoms with Gasteiger partial charge < -0.3 is 15.0 Å². The predicted molar refractivity (Wildman–Crippen MR) is 73.2 cm³/mol. The molecule has 0 saturated carbocycles. The number of hydrogen-bond acceptors (Lipinski definition) is 5. The van der Waals surface area contributed by atoms with Gasteiger partial charge in [-0.1, -0.05) is 28.4 Å². The van der Waals surface area contributed by atoms with Crippen molar-refractivity contribution in [3.63, 3.8) is 0 Å². The van der Waals surface area contributed by atoms with Gasteiger partial charge in [-0.05, 0) is 25.1 Å².